The van der Waals surface area contributed by atoms with Gasteiger partial charge < -0.3 is 14.9 Å². The Morgan fingerprint density at radius 3 is 2.08 bits per heavy atom. The Bertz CT molecular complexity index is 66.1. The summed E-state index contributed by atoms with van der Waals surface area (Å²) in [5, 5.41) is 11.7. The fourth-order valence-electron chi connectivity index (χ4n) is 0.639. The van der Waals surface area contributed by atoms with Crippen molar-refractivity contribution in [2.75, 3.05) is 26.9 Å². The number of hydrogen-bond acceptors (Lipinski definition) is 3. The summed E-state index contributed by atoms with van der Waals surface area (Å²) in [6.45, 7) is 7.77. The van der Waals surface area contributed by atoms with Crippen molar-refractivity contribution in [3.8, 4) is 0 Å². The quantitative estimate of drug-likeness (QED) is 0.618. The monoisotopic (exact) mass is 195 g/mol. The van der Waals surface area contributed by atoms with Gasteiger partial charge >= 0.3 is 0 Å². The molecule has 76 valence electrons. The van der Waals surface area contributed by atoms with Gasteiger partial charge in [0.15, 0.2) is 0 Å². The van der Waals surface area contributed by atoms with Gasteiger partial charge in [0.2, 0.25) is 0 Å². The van der Waals surface area contributed by atoms with E-state index in [1.807, 2.05) is 20.5 Å². The molecule has 3 nitrogen and oxygen atoms in total. The average molecular weight is 195 g/mol. The lowest BCUT2D eigenvalue weighted by atomic mass is 10.3. The van der Waals surface area contributed by atoms with Gasteiger partial charge in [-0.25, -0.2) is 0 Å². The minimum absolute atomic E-state index is 0.0648. The van der Waals surface area contributed by atoms with Crippen molar-refractivity contribution in [2.45, 2.75) is 26.4 Å². The predicted molar refractivity (Wildman–Crippen MR) is 56.1 cm³/mol. The van der Waals surface area contributed by atoms with Crippen LogP contribution in [0.3, 0.4) is 0 Å². The minimum Gasteiger partial charge on any atom is -0.392 e. The first-order valence-corrected chi connectivity index (χ1v) is 5.80. The van der Waals surface area contributed by atoms with Crippen LogP contribution in [0.2, 0.25) is 0 Å². The summed E-state index contributed by atoms with van der Waals surface area (Å²) < 4.78 is 4.57. The molecule has 1 rings (SSSR count). The van der Waals surface area contributed by atoms with E-state index in [4.69, 9.17) is 5.11 Å². The van der Waals surface area contributed by atoms with Crippen molar-refractivity contribution in [3.63, 3.8) is 0 Å². The highest BCUT2D eigenvalue weighted by molar-refractivity contribution is 7.31. The Labute approximate surface area is 77.8 Å². The lowest BCUT2D eigenvalue weighted by Gasteiger charge is -1.90. The molecular weight excluding hydrogens is 173 g/mol. The van der Waals surface area contributed by atoms with Crippen molar-refractivity contribution in [2.24, 2.45) is 0 Å². The molecule has 1 heterocycles. The first-order valence-electron chi connectivity index (χ1n) is 4.39. The molecule has 2 atom stereocenters. The maximum absolute atomic E-state index is 8.67. The van der Waals surface area contributed by atoms with Crippen LogP contribution in [0.5, 0.6) is 0 Å². The molecule has 1 saturated heterocycles. The largest absolute Gasteiger partial charge is 0.392 e. The zero-order valence-electron chi connectivity index (χ0n) is 8.55. The second-order valence-electron chi connectivity index (χ2n) is 2.05. The molecule has 1 fully saturated rings. The minimum atomic E-state index is -0.0648. The van der Waals surface area contributed by atoms with Crippen molar-refractivity contribution in [1.82, 2.24) is 5.32 Å². The van der Waals surface area contributed by atoms with Gasteiger partial charge in [0.25, 0.3) is 0 Å². The number of rotatable bonds is 1. The average Bonchev–Trinajstić information content (AvgIpc) is 2.60. The van der Waals surface area contributed by atoms with E-state index in [0.29, 0.717) is 8.81 Å². The molecule has 0 radical (unpaired) electrons. The third kappa shape index (κ3) is 12.9. The molecular formula is C8H22NO2P. The maximum atomic E-state index is 8.67. The molecule has 0 aromatic rings. The number of nitrogens with one attached hydrogen (secondary N) is 1. The van der Waals surface area contributed by atoms with E-state index in [-0.39, 0.29) is 6.10 Å². The highest BCUT2D eigenvalue weighted by Crippen LogP contribution is 1.96. The SMILES string of the molecule is CC.COPC.OC1CCNC1. The Balaban J connectivity index is 0. The molecule has 0 amide bonds. The highest BCUT2D eigenvalue weighted by atomic mass is 31.1. The highest BCUT2D eigenvalue weighted by Gasteiger charge is 2.08. The molecule has 0 aliphatic carbocycles. The van der Waals surface area contributed by atoms with Crippen LogP contribution in [0.25, 0.3) is 0 Å². The second kappa shape index (κ2) is 13.9. The first kappa shape index (κ1) is 14.8. The molecule has 1 aliphatic heterocycles. The Morgan fingerprint density at radius 2 is 2.00 bits per heavy atom. The van der Waals surface area contributed by atoms with Gasteiger partial charge in [-0.15, -0.1) is 0 Å². The molecule has 0 bridgehead atoms. The molecule has 0 aromatic carbocycles. The van der Waals surface area contributed by atoms with Gasteiger partial charge in [-0.05, 0) is 19.6 Å². The Kier molecular flexibility index (Phi) is 17.1. The third-order valence-corrected chi connectivity index (χ3v) is 1.65. The van der Waals surface area contributed by atoms with E-state index in [9.17, 15) is 0 Å². The van der Waals surface area contributed by atoms with Crippen LogP contribution in [0.1, 0.15) is 20.3 Å². The maximum Gasteiger partial charge on any atom is 0.0676 e. The summed E-state index contributed by atoms with van der Waals surface area (Å²) in [7, 11) is 2.33. The molecule has 0 aromatic heterocycles. The van der Waals surface area contributed by atoms with Gasteiger partial charge in [0.1, 0.15) is 0 Å². The summed E-state index contributed by atoms with van der Waals surface area (Å²) in [5.41, 5.74) is 0. The number of aliphatic hydroxyl groups excluding tert-OH is 1. The molecule has 0 saturated carbocycles. The molecule has 2 unspecified atom stereocenters. The molecule has 12 heavy (non-hydrogen) atoms. The van der Waals surface area contributed by atoms with Crippen molar-refractivity contribution in [1.29, 1.82) is 0 Å². The molecule has 2 N–H and O–H groups in total. The number of β-amino-alcohol motifs (C(OH)–C–C–N with tert-alkyl or cyclic N) is 1. The predicted octanol–water partition coefficient (Wildman–Crippen LogP) is 1.22. The molecule has 4 heteroatoms. The van der Waals surface area contributed by atoms with E-state index in [1.165, 1.54) is 0 Å². The molecule has 1 aliphatic rings. The van der Waals surface area contributed by atoms with Crippen LogP contribution in [0, 0.1) is 0 Å². The topological polar surface area (TPSA) is 41.5 Å². The normalized spacial score (nSPS) is 21.2. The molecule has 0 spiro atoms. The van der Waals surface area contributed by atoms with E-state index in [0.717, 1.165) is 19.5 Å². The van der Waals surface area contributed by atoms with Gasteiger partial charge in [0, 0.05) is 22.5 Å². The van der Waals surface area contributed by atoms with E-state index in [1.54, 1.807) is 7.11 Å². The zero-order chi connectivity index (χ0) is 9.82. The lowest BCUT2D eigenvalue weighted by molar-refractivity contribution is 0.196. The fraction of sp³-hybridized carbons (Fsp3) is 1.00. The third-order valence-electron chi connectivity index (χ3n) is 1.24. The van der Waals surface area contributed by atoms with Gasteiger partial charge in [-0.2, -0.15) is 0 Å². The van der Waals surface area contributed by atoms with Gasteiger partial charge in [0.05, 0.1) is 6.10 Å². The van der Waals surface area contributed by atoms with E-state index < -0.39 is 0 Å². The van der Waals surface area contributed by atoms with E-state index >= 15 is 0 Å². The standard InChI is InChI=1S/C4H9NO.C2H7OP.C2H6/c6-4-1-2-5-3-4;1-3-4-2;1-2/h4-6H,1-3H2;4H,1-2H3;1-2H3. The number of hydrogen-bond donors (Lipinski definition) is 2. The fourth-order valence-corrected chi connectivity index (χ4v) is 0.639. The zero-order valence-corrected chi connectivity index (χ0v) is 9.55. The van der Waals surface area contributed by atoms with Crippen molar-refractivity contribution < 1.29 is 9.63 Å². The summed E-state index contributed by atoms with van der Waals surface area (Å²) in [4.78, 5) is 0. The number of aliphatic hydroxyl groups is 1. The Morgan fingerprint density at radius 1 is 1.50 bits per heavy atom. The van der Waals surface area contributed by atoms with Crippen LogP contribution in [0.15, 0.2) is 0 Å². The Hall–Kier alpha value is 0.310. The second-order valence-corrected chi connectivity index (χ2v) is 2.87. The van der Waals surface area contributed by atoms with Gasteiger partial charge in [-0.1, -0.05) is 13.8 Å². The summed E-state index contributed by atoms with van der Waals surface area (Å²) >= 11 is 0. The van der Waals surface area contributed by atoms with Crippen LogP contribution in [-0.4, -0.2) is 38.1 Å². The van der Waals surface area contributed by atoms with Crippen molar-refractivity contribution in [3.05, 3.63) is 0 Å². The summed E-state index contributed by atoms with van der Waals surface area (Å²) in [6.07, 6.45) is 0.866. The lowest BCUT2D eigenvalue weighted by Crippen LogP contribution is -2.11. The summed E-state index contributed by atoms with van der Waals surface area (Å²) in [6, 6.07) is 0. The van der Waals surface area contributed by atoms with Crippen LogP contribution in [-0.2, 0) is 4.52 Å². The van der Waals surface area contributed by atoms with Crippen molar-refractivity contribution >= 4 is 8.81 Å². The van der Waals surface area contributed by atoms with Gasteiger partial charge in [-0.3, -0.25) is 0 Å². The smallest absolute Gasteiger partial charge is 0.0676 e. The van der Waals surface area contributed by atoms with E-state index in [2.05, 4.69) is 9.84 Å². The van der Waals surface area contributed by atoms with Crippen LogP contribution in [0.4, 0.5) is 0 Å². The first-order chi connectivity index (χ1) is 5.81. The van der Waals surface area contributed by atoms with Crippen LogP contribution < -0.4 is 5.32 Å². The summed E-state index contributed by atoms with van der Waals surface area (Å²) in [5.74, 6) is 0. The van der Waals surface area contributed by atoms with Crippen LogP contribution >= 0.6 is 8.81 Å².